The summed E-state index contributed by atoms with van der Waals surface area (Å²) in [5, 5.41) is 4.69. The SMILES string of the molecule is Cc1oc(-c2cccs2)nc1C(=O)N[C@H](C(=O)N(C)C)c1ccccc1. The number of carbonyl (C=O) groups excluding carboxylic acids is 2. The lowest BCUT2D eigenvalue weighted by Gasteiger charge is -2.21. The van der Waals surface area contributed by atoms with Gasteiger partial charge >= 0.3 is 0 Å². The number of hydrogen-bond acceptors (Lipinski definition) is 5. The molecule has 3 aromatic rings. The van der Waals surface area contributed by atoms with Gasteiger partial charge in [0.1, 0.15) is 11.8 Å². The maximum Gasteiger partial charge on any atom is 0.274 e. The van der Waals surface area contributed by atoms with Crippen molar-refractivity contribution in [2.75, 3.05) is 14.1 Å². The highest BCUT2D eigenvalue weighted by Crippen LogP contribution is 2.26. The Balaban J connectivity index is 1.88. The second-order valence-electron chi connectivity index (χ2n) is 5.95. The third-order valence-corrected chi connectivity index (χ3v) is 4.70. The van der Waals surface area contributed by atoms with Crippen LogP contribution in [-0.2, 0) is 4.79 Å². The zero-order valence-electron chi connectivity index (χ0n) is 14.7. The minimum Gasteiger partial charge on any atom is -0.440 e. The van der Waals surface area contributed by atoms with E-state index in [1.807, 2.05) is 35.7 Å². The van der Waals surface area contributed by atoms with Crippen molar-refractivity contribution in [1.29, 1.82) is 0 Å². The van der Waals surface area contributed by atoms with Gasteiger partial charge in [-0.1, -0.05) is 36.4 Å². The van der Waals surface area contributed by atoms with Gasteiger partial charge in [-0.25, -0.2) is 4.98 Å². The quantitative estimate of drug-likeness (QED) is 0.749. The van der Waals surface area contributed by atoms with E-state index in [-0.39, 0.29) is 11.6 Å². The number of thiophene rings is 1. The molecule has 1 aromatic carbocycles. The molecule has 6 nitrogen and oxygen atoms in total. The minimum absolute atomic E-state index is 0.181. The van der Waals surface area contributed by atoms with Crippen molar-refractivity contribution in [3.05, 3.63) is 64.9 Å². The van der Waals surface area contributed by atoms with Crippen molar-refractivity contribution in [1.82, 2.24) is 15.2 Å². The Morgan fingerprint density at radius 3 is 2.50 bits per heavy atom. The Kier molecular flexibility index (Phi) is 5.18. The predicted octanol–water partition coefficient (Wildman–Crippen LogP) is 3.27. The number of aryl methyl sites for hydroxylation is 1. The Morgan fingerprint density at radius 2 is 1.88 bits per heavy atom. The van der Waals surface area contributed by atoms with Gasteiger partial charge in [-0.2, -0.15) is 0 Å². The van der Waals surface area contributed by atoms with Crippen LogP contribution in [0.5, 0.6) is 0 Å². The first-order valence-corrected chi connectivity index (χ1v) is 8.93. The number of benzene rings is 1. The molecule has 0 saturated heterocycles. The molecule has 2 heterocycles. The summed E-state index contributed by atoms with van der Waals surface area (Å²) in [7, 11) is 3.31. The standard InChI is InChI=1S/C19H19N3O3S/c1-12-15(21-18(25-12)14-10-7-11-26-14)17(23)20-16(19(24)22(2)3)13-8-5-4-6-9-13/h4-11,16H,1-3H3,(H,20,23)/t16-/m0/s1. The molecule has 1 atom stereocenters. The number of amides is 2. The summed E-state index contributed by atoms with van der Waals surface area (Å²) < 4.78 is 5.62. The van der Waals surface area contributed by atoms with Gasteiger partial charge in [-0.05, 0) is 23.9 Å². The van der Waals surface area contributed by atoms with E-state index in [1.165, 1.54) is 16.2 Å². The van der Waals surface area contributed by atoms with E-state index in [1.54, 1.807) is 33.2 Å². The lowest BCUT2D eigenvalue weighted by molar-refractivity contribution is -0.130. The zero-order valence-corrected chi connectivity index (χ0v) is 15.5. The molecule has 134 valence electrons. The van der Waals surface area contributed by atoms with Crippen molar-refractivity contribution in [2.24, 2.45) is 0 Å². The fourth-order valence-corrected chi connectivity index (χ4v) is 3.15. The van der Waals surface area contributed by atoms with Gasteiger partial charge in [-0.3, -0.25) is 9.59 Å². The maximum absolute atomic E-state index is 12.8. The molecule has 1 N–H and O–H groups in total. The molecule has 26 heavy (non-hydrogen) atoms. The fourth-order valence-electron chi connectivity index (χ4n) is 2.50. The van der Waals surface area contributed by atoms with Crippen LogP contribution in [0, 0.1) is 6.92 Å². The summed E-state index contributed by atoms with van der Waals surface area (Å²) in [4.78, 5) is 31.9. The van der Waals surface area contributed by atoms with Crippen LogP contribution in [0.15, 0.2) is 52.3 Å². The Morgan fingerprint density at radius 1 is 1.15 bits per heavy atom. The van der Waals surface area contributed by atoms with Gasteiger partial charge in [0.25, 0.3) is 5.91 Å². The molecular weight excluding hydrogens is 350 g/mol. The van der Waals surface area contributed by atoms with Crippen LogP contribution >= 0.6 is 11.3 Å². The smallest absolute Gasteiger partial charge is 0.274 e. The van der Waals surface area contributed by atoms with E-state index < -0.39 is 11.9 Å². The van der Waals surface area contributed by atoms with E-state index in [9.17, 15) is 9.59 Å². The summed E-state index contributed by atoms with van der Waals surface area (Å²) in [6.45, 7) is 1.68. The van der Waals surface area contributed by atoms with Crippen LogP contribution in [0.3, 0.4) is 0 Å². The maximum atomic E-state index is 12.8. The van der Waals surface area contributed by atoms with Crippen molar-refractivity contribution in [2.45, 2.75) is 13.0 Å². The van der Waals surface area contributed by atoms with E-state index in [0.29, 0.717) is 17.2 Å². The van der Waals surface area contributed by atoms with Crippen molar-refractivity contribution < 1.29 is 14.0 Å². The van der Waals surface area contributed by atoms with Crippen molar-refractivity contribution in [3.63, 3.8) is 0 Å². The van der Waals surface area contributed by atoms with Gasteiger partial charge in [0.15, 0.2) is 5.69 Å². The highest BCUT2D eigenvalue weighted by Gasteiger charge is 2.27. The average Bonchev–Trinajstić information content (AvgIpc) is 3.29. The highest BCUT2D eigenvalue weighted by atomic mass is 32.1. The van der Waals surface area contributed by atoms with Crippen LogP contribution in [0.25, 0.3) is 10.8 Å². The molecule has 2 aromatic heterocycles. The normalized spacial score (nSPS) is 11.8. The summed E-state index contributed by atoms with van der Waals surface area (Å²) in [6.07, 6.45) is 0. The minimum atomic E-state index is -0.792. The average molecular weight is 369 g/mol. The molecule has 2 amide bonds. The molecule has 0 aliphatic heterocycles. The monoisotopic (exact) mass is 369 g/mol. The summed E-state index contributed by atoms with van der Waals surface area (Å²) in [5.74, 6) is 0.148. The summed E-state index contributed by atoms with van der Waals surface area (Å²) in [6, 6.07) is 12.1. The number of aromatic nitrogens is 1. The van der Waals surface area contributed by atoms with E-state index in [4.69, 9.17) is 4.42 Å². The molecule has 0 fully saturated rings. The molecule has 7 heteroatoms. The second kappa shape index (κ2) is 7.53. The fraction of sp³-hybridized carbons (Fsp3) is 0.211. The third kappa shape index (κ3) is 3.67. The van der Waals surface area contributed by atoms with Gasteiger partial charge in [-0.15, -0.1) is 11.3 Å². The van der Waals surface area contributed by atoms with E-state index >= 15 is 0 Å². The largest absolute Gasteiger partial charge is 0.440 e. The van der Waals surface area contributed by atoms with Gasteiger partial charge in [0.05, 0.1) is 4.88 Å². The Bertz CT molecular complexity index is 902. The van der Waals surface area contributed by atoms with Crippen LogP contribution < -0.4 is 5.32 Å². The van der Waals surface area contributed by atoms with Crippen LogP contribution in [0.1, 0.15) is 27.9 Å². The first-order valence-electron chi connectivity index (χ1n) is 8.05. The van der Waals surface area contributed by atoms with Crippen molar-refractivity contribution in [3.8, 4) is 10.8 Å². The third-order valence-electron chi connectivity index (χ3n) is 3.84. The molecule has 0 saturated carbocycles. The molecular formula is C19H19N3O3S. The van der Waals surface area contributed by atoms with Crippen LogP contribution in [-0.4, -0.2) is 35.8 Å². The highest BCUT2D eigenvalue weighted by molar-refractivity contribution is 7.13. The van der Waals surface area contributed by atoms with Gasteiger partial charge in [0.2, 0.25) is 11.8 Å². The number of nitrogens with zero attached hydrogens (tertiary/aromatic N) is 2. The Labute approximate surface area is 155 Å². The molecule has 0 aliphatic carbocycles. The molecule has 0 aliphatic rings. The molecule has 0 bridgehead atoms. The topological polar surface area (TPSA) is 75.4 Å². The van der Waals surface area contributed by atoms with Gasteiger partial charge in [0, 0.05) is 14.1 Å². The molecule has 0 spiro atoms. The van der Waals surface area contributed by atoms with Crippen molar-refractivity contribution >= 4 is 23.2 Å². The number of nitrogens with one attached hydrogen (secondary N) is 1. The zero-order chi connectivity index (χ0) is 18.7. The number of carbonyl (C=O) groups is 2. The molecule has 3 rings (SSSR count). The summed E-state index contributed by atoms with van der Waals surface area (Å²) >= 11 is 1.48. The first kappa shape index (κ1) is 17.9. The summed E-state index contributed by atoms with van der Waals surface area (Å²) in [5.41, 5.74) is 0.889. The second-order valence-corrected chi connectivity index (χ2v) is 6.90. The first-order chi connectivity index (χ1) is 12.5. The number of hydrogen-bond donors (Lipinski definition) is 1. The van der Waals surface area contributed by atoms with E-state index in [0.717, 1.165) is 4.88 Å². The molecule has 0 radical (unpaired) electrons. The lowest BCUT2D eigenvalue weighted by Crippen LogP contribution is -2.40. The molecule has 0 unspecified atom stereocenters. The van der Waals surface area contributed by atoms with Gasteiger partial charge < -0.3 is 14.6 Å². The number of oxazole rings is 1. The Hall–Kier alpha value is -2.93. The van der Waals surface area contributed by atoms with Crippen LogP contribution in [0.4, 0.5) is 0 Å². The van der Waals surface area contributed by atoms with E-state index in [2.05, 4.69) is 10.3 Å². The number of likely N-dealkylation sites (N-methyl/N-ethyl adjacent to an activating group) is 1. The predicted molar refractivity (Wildman–Crippen MR) is 99.9 cm³/mol. The number of rotatable bonds is 5. The van der Waals surface area contributed by atoms with Crippen LogP contribution in [0.2, 0.25) is 0 Å². The lowest BCUT2D eigenvalue weighted by atomic mass is 10.1.